The first-order valence-electron chi connectivity index (χ1n) is 3.55. The Morgan fingerprint density at radius 2 is 2.18 bits per heavy atom. The molecule has 0 radical (unpaired) electrons. The molecule has 0 saturated carbocycles. The molecule has 0 unspecified atom stereocenters. The first-order valence-corrected chi connectivity index (χ1v) is 3.55. The van der Waals surface area contributed by atoms with Crippen molar-refractivity contribution in [2.24, 2.45) is 0 Å². The third kappa shape index (κ3) is 0.981. The molecule has 1 N–H and O–H groups in total. The zero-order valence-corrected chi connectivity index (χ0v) is 6.55. The van der Waals surface area contributed by atoms with Gasteiger partial charge < -0.3 is 4.98 Å². The maximum Gasteiger partial charge on any atom is 0.126 e. The number of rotatable bonds is 0. The fourth-order valence-electron chi connectivity index (χ4n) is 1.15. The van der Waals surface area contributed by atoms with Crippen LogP contribution >= 0.6 is 0 Å². The zero-order valence-electron chi connectivity index (χ0n) is 6.55. The normalized spacial score (nSPS) is 10.7. The van der Waals surface area contributed by atoms with Gasteiger partial charge in [0, 0.05) is 5.69 Å². The van der Waals surface area contributed by atoms with Crippen molar-refractivity contribution in [2.45, 2.75) is 13.8 Å². The van der Waals surface area contributed by atoms with E-state index >= 15 is 0 Å². The Morgan fingerprint density at radius 3 is 3.00 bits per heavy atom. The van der Waals surface area contributed by atoms with Gasteiger partial charge >= 0.3 is 0 Å². The molecule has 0 bridgehead atoms. The van der Waals surface area contributed by atoms with E-state index in [0.717, 1.165) is 22.6 Å². The summed E-state index contributed by atoms with van der Waals surface area (Å²) in [5, 5.41) is 0. The smallest absolute Gasteiger partial charge is 0.126 e. The topological polar surface area (TPSA) is 41.6 Å². The molecule has 2 rings (SSSR count). The number of aryl methyl sites for hydroxylation is 2. The molecule has 0 aliphatic carbocycles. The Balaban J connectivity index is 2.82. The highest BCUT2D eigenvalue weighted by molar-refractivity contribution is 5.74. The Labute approximate surface area is 64.5 Å². The van der Waals surface area contributed by atoms with Crippen LogP contribution in [0.1, 0.15) is 11.5 Å². The summed E-state index contributed by atoms with van der Waals surface area (Å²) in [6, 6.07) is 2.02. The molecule has 0 aliphatic rings. The summed E-state index contributed by atoms with van der Waals surface area (Å²) in [4.78, 5) is 11.5. The van der Waals surface area contributed by atoms with Crippen LogP contribution in [0.15, 0.2) is 12.3 Å². The summed E-state index contributed by atoms with van der Waals surface area (Å²) in [6.07, 6.45) is 1.81. The lowest BCUT2D eigenvalue weighted by Gasteiger charge is -1.89. The van der Waals surface area contributed by atoms with Gasteiger partial charge in [-0.1, -0.05) is 0 Å². The lowest BCUT2D eigenvalue weighted by molar-refractivity contribution is 1.09. The van der Waals surface area contributed by atoms with Crippen LogP contribution in [-0.2, 0) is 0 Å². The number of aromatic amines is 1. The molecule has 0 aromatic carbocycles. The summed E-state index contributed by atoms with van der Waals surface area (Å²) in [7, 11) is 0. The molecule has 2 aromatic heterocycles. The van der Waals surface area contributed by atoms with Gasteiger partial charge in [-0.25, -0.2) is 9.97 Å². The fraction of sp³-hybridized carbons (Fsp3) is 0.250. The highest BCUT2D eigenvalue weighted by atomic mass is 14.9. The van der Waals surface area contributed by atoms with E-state index in [4.69, 9.17) is 0 Å². The first-order chi connectivity index (χ1) is 5.25. The van der Waals surface area contributed by atoms with Crippen LogP contribution in [0.5, 0.6) is 0 Å². The van der Waals surface area contributed by atoms with Crippen molar-refractivity contribution in [1.82, 2.24) is 15.0 Å². The minimum Gasteiger partial charge on any atom is -0.356 e. The van der Waals surface area contributed by atoms with E-state index in [1.165, 1.54) is 0 Å². The minimum atomic E-state index is 0.816. The monoisotopic (exact) mass is 147 g/mol. The van der Waals surface area contributed by atoms with E-state index in [-0.39, 0.29) is 0 Å². The number of H-pyrrole nitrogens is 1. The largest absolute Gasteiger partial charge is 0.356 e. The van der Waals surface area contributed by atoms with Crippen molar-refractivity contribution in [3.8, 4) is 0 Å². The fourth-order valence-corrected chi connectivity index (χ4v) is 1.15. The van der Waals surface area contributed by atoms with Gasteiger partial charge in [0.1, 0.15) is 5.82 Å². The van der Waals surface area contributed by atoms with E-state index < -0.39 is 0 Å². The molecule has 0 amide bonds. The number of nitrogens with zero attached hydrogens (tertiary/aromatic N) is 2. The molecule has 3 nitrogen and oxygen atoms in total. The molecule has 0 fully saturated rings. The highest BCUT2D eigenvalue weighted by Gasteiger charge is 1.97. The lowest BCUT2D eigenvalue weighted by atomic mass is 10.4. The Morgan fingerprint density at radius 1 is 1.36 bits per heavy atom. The summed E-state index contributed by atoms with van der Waals surface area (Å²) in [5.74, 6) is 0.816. The van der Waals surface area contributed by atoms with Crippen LogP contribution in [-0.4, -0.2) is 15.0 Å². The van der Waals surface area contributed by atoms with Crippen molar-refractivity contribution in [3.05, 3.63) is 23.8 Å². The van der Waals surface area contributed by atoms with E-state index in [1.807, 2.05) is 26.1 Å². The van der Waals surface area contributed by atoms with Gasteiger partial charge in [-0.2, -0.15) is 0 Å². The van der Waals surface area contributed by atoms with Gasteiger partial charge in [0.15, 0.2) is 0 Å². The zero-order chi connectivity index (χ0) is 7.84. The molecule has 2 heterocycles. The average Bonchev–Trinajstić information content (AvgIpc) is 2.27. The summed E-state index contributed by atoms with van der Waals surface area (Å²) in [5.41, 5.74) is 3.13. The van der Waals surface area contributed by atoms with Gasteiger partial charge in [-0.05, 0) is 19.9 Å². The second-order valence-corrected chi connectivity index (χ2v) is 2.67. The molecule has 2 aromatic rings. The number of aromatic nitrogens is 3. The SMILES string of the molecule is Cc1ncc2[nH]c(C)cc2n1. The van der Waals surface area contributed by atoms with Gasteiger partial charge in [0.25, 0.3) is 0 Å². The molecule has 11 heavy (non-hydrogen) atoms. The molecule has 56 valence electrons. The van der Waals surface area contributed by atoms with E-state index in [1.54, 1.807) is 0 Å². The van der Waals surface area contributed by atoms with Crippen molar-refractivity contribution in [3.63, 3.8) is 0 Å². The van der Waals surface area contributed by atoms with Crippen molar-refractivity contribution in [1.29, 1.82) is 0 Å². The molecular formula is C8H9N3. The molecular weight excluding hydrogens is 138 g/mol. The average molecular weight is 147 g/mol. The third-order valence-corrected chi connectivity index (χ3v) is 1.62. The number of fused-ring (bicyclic) bond motifs is 1. The highest BCUT2D eigenvalue weighted by Crippen LogP contribution is 2.10. The van der Waals surface area contributed by atoms with Crippen LogP contribution in [0, 0.1) is 13.8 Å². The van der Waals surface area contributed by atoms with Crippen molar-refractivity contribution < 1.29 is 0 Å². The molecule has 3 heteroatoms. The Bertz CT molecular complexity index is 389. The van der Waals surface area contributed by atoms with Crippen LogP contribution in [0.3, 0.4) is 0 Å². The van der Waals surface area contributed by atoms with E-state index in [2.05, 4.69) is 15.0 Å². The Kier molecular flexibility index (Phi) is 1.18. The summed E-state index contributed by atoms with van der Waals surface area (Å²) < 4.78 is 0. The van der Waals surface area contributed by atoms with E-state index in [9.17, 15) is 0 Å². The van der Waals surface area contributed by atoms with E-state index in [0.29, 0.717) is 0 Å². The quantitative estimate of drug-likeness (QED) is 0.614. The predicted octanol–water partition coefficient (Wildman–Crippen LogP) is 1.57. The standard InChI is InChI=1S/C8H9N3/c1-5-3-7-8(10-5)4-9-6(2)11-7/h3-4,10H,1-2H3. The minimum absolute atomic E-state index is 0.816. The number of nitrogens with one attached hydrogen (secondary N) is 1. The van der Waals surface area contributed by atoms with Gasteiger partial charge in [-0.15, -0.1) is 0 Å². The van der Waals surface area contributed by atoms with Crippen LogP contribution < -0.4 is 0 Å². The number of hydrogen-bond donors (Lipinski definition) is 1. The van der Waals surface area contributed by atoms with Crippen LogP contribution in [0.4, 0.5) is 0 Å². The maximum atomic E-state index is 4.25. The Hall–Kier alpha value is -1.38. The lowest BCUT2D eigenvalue weighted by Crippen LogP contribution is -1.84. The maximum absolute atomic E-state index is 4.25. The van der Waals surface area contributed by atoms with Gasteiger partial charge in [-0.3, -0.25) is 0 Å². The second kappa shape index (κ2) is 2.05. The predicted molar refractivity (Wildman–Crippen MR) is 43.4 cm³/mol. The summed E-state index contributed by atoms with van der Waals surface area (Å²) >= 11 is 0. The van der Waals surface area contributed by atoms with Gasteiger partial charge in [0.05, 0.1) is 17.2 Å². The summed E-state index contributed by atoms with van der Waals surface area (Å²) in [6.45, 7) is 3.90. The first kappa shape index (κ1) is 6.34. The molecule has 0 spiro atoms. The van der Waals surface area contributed by atoms with Crippen molar-refractivity contribution in [2.75, 3.05) is 0 Å². The number of hydrogen-bond acceptors (Lipinski definition) is 2. The second-order valence-electron chi connectivity index (χ2n) is 2.67. The molecule has 0 aliphatic heterocycles. The molecule has 0 saturated heterocycles. The van der Waals surface area contributed by atoms with Gasteiger partial charge in [0.2, 0.25) is 0 Å². The van der Waals surface area contributed by atoms with Crippen molar-refractivity contribution >= 4 is 11.0 Å². The van der Waals surface area contributed by atoms with Crippen LogP contribution in [0.25, 0.3) is 11.0 Å². The third-order valence-electron chi connectivity index (χ3n) is 1.62. The molecule has 0 atom stereocenters. The van der Waals surface area contributed by atoms with Crippen LogP contribution in [0.2, 0.25) is 0 Å².